The zero-order valence-corrected chi connectivity index (χ0v) is 14.7. The summed E-state index contributed by atoms with van der Waals surface area (Å²) in [4.78, 5) is 29.6. The Kier molecular flexibility index (Phi) is 3.86. The van der Waals surface area contributed by atoms with E-state index in [1.54, 1.807) is 10.7 Å². The topological polar surface area (TPSA) is 58.1 Å². The van der Waals surface area contributed by atoms with Crippen LogP contribution in [0.4, 0.5) is 0 Å². The summed E-state index contributed by atoms with van der Waals surface area (Å²) < 4.78 is 1.76. The maximum absolute atomic E-state index is 13.3. The fourth-order valence-corrected chi connectivity index (χ4v) is 3.79. The normalized spacial score (nSPS) is 15.4. The van der Waals surface area contributed by atoms with Crippen molar-refractivity contribution < 1.29 is 0 Å². The van der Waals surface area contributed by atoms with Crippen LogP contribution in [0.15, 0.2) is 39.9 Å². The van der Waals surface area contributed by atoms with E-state index in [0.29, 0.717) is 10.9 Å². The van der Waals surface area contributed by atoms with Crippen molar-refractivity contribution in [3.63, 3.8) is 0 Å². The molecular formula is C20H23N3O2. The van der Waals surface area contributed by atoms with Gasteiger partial charge in [0.15, 0.2) is 0 Å². The molecule has 3 aromatic rings. The van der Waals surface area contributed by atoms with E-state index < -0.39 is 0 Å². The van der Waals surface area contributed by atoms with Crippen LogP contribution in [0, 0.1) is 0 Å². The van der Waals surface area contributed by atoms with Crippen LogP contribution in [0.5, 0.6) is 0 Å². The quantitative estimate of drug-likeness (QED) is 0.731. The summed E-state index contributed by atoms with van der Waals surface area (Å²) in [5.41, 5.74) is 1.96. The minimum atomic E-state index is -0.199. The maximum atomic E-state index is 13.3. The van der Waals surface area contributed by atoms with Crippen LogP contribution in [-0.4, -0.2) is 22.7 Å². The second-order valence-corrected chi connectivity index (χ2v) is 7.14. The average molecular weight is 337 g/mol. The molecule has 0 radical (unpaired) electrons. The molecule has 5 heteroatoms. The molecule has 25 heavy (non-hydrogen) atoms. The highest BCUT2D eigenvalue weighted by molar-refractivity contribution is 5.92. The lowest BCUT2D eigenvalue weighted by atomic mass is 10.1. The highest BCUT2D eigenvalue weighted by Gasteiger charge is 2.21. The predicted molar refractivity (Wildman–Crippen MR) is 102 cm³/mol. The van der Waals surface area contributed by atoms with Crippen molar-refractivity contribution in [2.45, 2.75) is 39.0 Å². The Hall–Kier alpha value is -2.56. The Labute approximate surface area is 145 Å². The summed E-state index contributed by atoms with van der Waals surface area (Å²) in [6, 6.07) is 9.34. The molecule has 130 valence electrons. The lowest BCUT2D eigenvalue weighted by molar-refractivity contribution is 0.455. The van der Waals surface area contributed by atoms with Crippen molar-refractivity contribution >= 4 is 21.8 Å². The van der Waals surface area contributed by atoms with Crippen molar-refractivity contribution in [3.8, 4) is 0 Å². The van der Waals surface area contributed by atoms with Crippen LogP contribution < -0.4 is 16.0 Å². The van der Waals surface area contributed by atoms with Gasteiger partial charge in [-0.1, -0.05) is 26.0 Å². The first-order chi connectivity index (χ1) is 12.1. The molecule has 0 spiro atoms. The Morgan fingerprint density at radius 1 is 1.00 bits per heavy atom. The summed E-state index contributed by atoms with van der Waals surface area (Å²) in [5, 5.41) is 2.93. The van der Waals surface area contributed by atoms with E-state index in [1.165, 1.54) is 6.42 Å². The molecule has 1 N–H and O–H groups in total. The average Bonchev–Trinajstić information content (AvgIpc) is 2.62. The second-order valence-electron chi connectivity index (χ2n) is 7.14. The standard InChI is InChI=1S/C20H23N3O2/c1-13(2)17-12-16-18(19(24)14-8-4-5-9-15(14)21-16)20(25)23(17)22-10-6-3-7-11-22/h4-5,8-9,12-13H,3,6-7,10-11H2,1-2H3,(H,21,24). The molecule has 1 aliphatic rings. The molecule has 0 saturated carbocycles. The molecule has 0 bridgehead atoms. The molecule has 0 atom stereocenters. The smallest absolute Gasteiger partial charge is 0.282 e. The zero-order chi connectivity index (χ0) is 17.6. The Bertz CT molecular complexity index is 1060. The summed E-state index contributed by atoms with van der Waals surface area (Å²) in [6.07, 6.45) is 3.35. The SMILES string of the molecule is CC(C)c1cc2[nH]c3ccccc3c(=O)c2c(=O)n1N1CCCCC1. The highest BCUT2D eigenvalue weighted by atomic mass is 16.1. The predicted octanol–water partition coefficient (Wildman–Crippen LogP) is 3.09. The first-order valence-electron chi connectivity index (χ1n) is 9.04. The number of fused-ring (bicyclic) bond motifs is 2. The van der Waals surface area contributed by atoms with Gasteiger partial charge in [0.2, 0.25) is 5.43 Å². The third-order valence-electron chi connectivity index (χ3n) is 5.09. The van der Waals surface area contributed by atoms with Gasteiger partial charge in [0.25, 0.3) is 5.56 Å². The van der Waals surface area contributed by atoms with Gasteiger partial charge in [-0.05, 0) is 43.4 Å². The summed E-state index contributed by atoms with van der Waals surface area (Å²) in [6.45, 7) is 5.88. The molecule has 1 saturated heterocycles. The van der Waals surface area contributed by atoms with Crippen molar-refractivity contribution in [2.24, 2.45) is 0 Å². The van der Waals surface area contributed by atoms with Crippen LogP contribution in [0.25, 0.3) is 21.8 Å². The largest absolute Gasteiger partial charge is 0.354 e. The van der Waals surface area contributed by atoms with E-state index in [4.69, 9.17) is 0 Å². The molecule has 1 fully saturated rings. The number of piperidine rings is 1. The molecule has 1 aliphatic heterocycles. The lowest BCUT2D eigenvalue weighted by Gasteiger charge is -2.33. The van der Waals surface area contributed by atoms with E-state index in [9.17, 15) is 9.59 Å². The Balaban J connectivity index is 2.10. The molecule has 0 unspecified atom stereocenters. The van der Waals surface area contributed by atoms with E-state index in [1.807, 2.05) is 24.3 Å². The van der Waals surface area contributed by atoms with Crippen molar-refractivity contribution in [1.82, 2.24) is 9.66 Å². The maximum Gasteiger partial charge on any atom is 0.282 e. The third-order valence-corrected chi connectivity index (χ3v) is 5.09. The van der Waals surface area contributed by atoms with Gasteiger partial charge in [-0.2, -0.15) is 0 Å². The van der Waals surface area contributed by atoms with Crippen LogP contribution in [0.1, 0.15) is 44.7 Å². The third kappa shape index (κ3) is 2.54. The number of benzene rings is 1. The van der Waals surface area contributed by atoms with Gasteiger partial charge in [-0.15, -0.1) is 0 Å². The number of para-hydroxylation sites is 1. The number of aromatic amines is 1. The van der Waals surface area contributed by atoms with E-state index in [-0.39, 0.29) is 22.3 Å². The van der Waals surface area contributed by atoms with Crippen LogP contribution >= 0.6 is 0 Å². The van der Waals surface area contributed by atoms with E-state index in [0.717, 1.165) is 37.1 Å². The molecular weight excluding hydrogens is 314 g/mol. The number of hydrogen-bond acceptors (Lipinski definition) is 3. The van der Waals surface area contributed by atoms with Crippen LogP contribution in [-0.2, 0) is 0 Å². The minimum Gasteiger partial charge on any atom is -0.354 e. The van der Waals surface area contributed by atoms with Crippen molar-refractivity contribution in [1.29, 1.82) is 0 Å². The molecule has 1 aromatic carbocycles. The first kappa shape index (κ1) is 15.9. The van der Waals surface area contributed by atoms with Gasteiger partial charge >= 0.3 is 0 Å². The fraction of sp³-hybridized carbons (Fsp3) is 0.400. The number of H-pyrrole nitrogens is 1. The number of pyridine rings is 2. The van der Waals surface area contributed by atoms with Crippen molar-refractivity contribution in [2.75, 3.05) is 18.1 Å². The molecule has 2 aromatic heterocycles. The minimum absolute atomic E-state index is 0.185. The van der Waals surface area contributed by atoms with Crippen LogP contribution in [0.2, 0.25) is 0 Å². The summed E-state index contributed by atoms with van der Waals surface area (Å²) >= 11 is 0. The van der Waals surface area contributed by atoms with Gasteiger partial charge in [0.05, 0.1) is 5.52 Å². The highest BCUT2D eigenvalue weighted by Crippen LogP contribution is 2.20. The van der Waals surface area contributed by atoms with Gasteiger partial charge in [0, 0.05) is 29.7 Å². The summed E-state index contributed by atoms with van der Waals surface area (Å²) in [5.74, 6) is 0.189. The monoisotopic (exact) mass is 337 g/mol. The summed E-state index contributed by atoms with van der Waals surface area (Å²) in [7, 11) is 0. The van der Waals surface area contributed by atoms with Gasteiger partial charge in [-0.25, -0.2) is 4.68 Å². The van der Waals surface area contributed by atoms with Gasteiger partial charge in [-0.3, -0.25) is 9.59 Å². The molecule has 0 amide bonds. The molecule has 5 nitrogen and oxygen atoms in total. The van der Waals surface area contributed by atoms with Gasteiger partial charge in [0.1, 0.15) is 5.39 Å². The number of aromatic nitrogens is 2. The van der Waals surface area contributed by atoms with Gasteiger partial charge < -0.3 is 9.99 Å². The fourth-order valence-electron chi connectivity index (χ4n) is 3.79. The number of rotatable bonds is 2. The first-order valence-corrected chi connectivity index (χ1v) is 9.04. The van der Waals surface area contributed by atoms with Crippen molar-refractivity contribution in [3.05, 3.63) is 56.6 Å². The number of nitrogens with zero attached hydrogens (tertiary/aromatic N) is 2. The van der Waals surface area contributed by atoms with Crippen LogP contribution in [0.3, 0.4) is 0 Å². The second kappa shape index (κ2) is 6.06. The number of nitrogens with one attached hydrogen (secondary N) is 1. The number of hydrogen-bond donors (Lipinski definition) is 1. The zero-order valence-electron chi connectivity index (χ0n) is 14.7. The van der Waals surface area contributed by atoms with E-state index in [2.05, 4.69) is 23.8 Å². The molecule has 4 rings (SSSR count). The Morgan fingerprint density at radius 2 is 1.72 bits per heavy atom. The Morgan fingerprint density at radius 3 is 2.44 bits per heavy atom. The lowest BCUT2D eigenvalue weighted by Crippen LogP contribution is -2.47. The van der Waals surface area contributed by atoms with E-state index >= 15 is 0 Å². The molecule has 0 aliphatic carbocycles. The molecule has 3 heterocycles.